The van der Waals surface area contributed by atoms with Crippen molar-refractivity contribution >= 4 is 57.6 Å². The van der Waals surface area contributed by atoms with E-state index in [0.29, 0.717) is 47.0 Å². The molecule has 7 aliphatic rings. The van der Waals surface area contributed by atoms with Crippen LogP contribution in [0.5, 0.6) is 17.6 Å². The zero-order valence-corrected chi connectivity index (χ0v) is 48.5. The van der Waals surface area contributed by atoms with Gasteiger partial charge >= 0.3 is 12.1 Å². The Morgan fingerprint density at radius 3 is 2.51 bits per heavy atom. The van der Waals surface area contributed by atoms with Crippen molar-refractivity contribution in [3.8, 4) is 39.3 Å². The number of hydrogen-bond acceptors (Lipinski definition) is 18. The van der Waals surface area contributed by atoms with Gasteiger partial charge in [0.2, 0.25) is 11.8 Å². The molecule has 2 bridgehead atoms. The third-order valence-corrected chi connectivity index (χ3v) is 19.5. The lowest BCUT2D eigenvalue weighted by Gasteiger charge is -2.38. The minimum Gasteiger partial charge on any atom is -0.508 e. The van der Waals surface area contributed by atoms with E-state index in [2.05, 4.69) is 35.6 Å². The molecule has 0 spiro atoms. The molecule has 1 saturated carbocycles. The molecule has 1 aliphatic carbocycles. The minimum absolute atomic E-state index is 0.00222. The number of hydrogen-bond donors (Lipinski definition) is 4. The number of carbonyl (C=O) groups is 3. The highest BCUT2D eigenvalue weighted by molar-refractivity contribution is 7.13. The highest BCUT2D eigenvalue weighted by atomic mass is 35.5. The van der Waals surface area contributed by atoms with Crippen LogP contribution in [0.4, 0.5) is 15.0 Å². The molecule has 3 amide bonds. The second-order valence-corrected chi connectivity index (χ2v) is 25.5. The zero-order valence-electron chi connectivity index (χ0n) is 46.9. The highest BCUT2D eigenvalue weighted by Crippen LogP contribution is 2.50. The number of ether oxygens (including phenoxy) is 3. The number of benzene rings is 2. The average molecular weight is 1170 g/mol. The number of anilines is 1. The largest absolute Gasteiger partial charge is 0.508 e. The number of aliphatic hydroxyl groups is 1. The van der Waals surface area contributed by atoms with E-state index in [0.717, 1.165) is 85.2 Å². The van der Waals surface area contributed by atoms with Gasteiger partial charge in [0.1, 0.15) is 54.1 Å². The van der Waals surface area contributed by atoms with Gasteiger partial charge in [0.15, 0.2) is 11.6 Å². The topological polar surface area (TPSA) is 234 Å². The van der Waals surface area contributed by atoms with Gasteiger partial charge in [0.25, 0.3) is 5.88 Å². The first kappa shape index (κ1) is 55.5. The number of rotatable bonds is 17. The number of aryl methyl sites for hydroxylation is 1. The van der Waals surface area contributed by atoms with Crippen LogP contribution in [0.3, 0.4) is 0 Å². The molecular weight excluding hydrogens is 1110 g/mol. The summed E-state index contributed by atoms with van der Waals surface area (Å²) in [6.07, 6.45) is 7.39. The lowest BCUT2D eigenvalue weighted by atomic mass is 9.91. The summed E-state index contributed by atoms with van der Waals surface area (Å²) >= 11 is 8.24. The van der Waals surface area contributed by atoms with Crippen LogP contribution in [0, 0.1) is 18.7 Å². The summed E-state index contributed by atoms with van der Waals surface area (Å²) < 4.78 is 41.5. The van der Waals surface area contributed by atoms with Gasteiger partial charge < -0.3 is 54.3 Å². The summed E-state index contributed by atoms with van der Waals surface area (Å²) in [7, 11) is 0. The maximum absolute atomic E-state index is 17.1. The number of aromatic hydroxyl groups is 1. The minimum atomic E-state index is -0.884. The van der Waals surface area contributed by atoms with Crippen LogP contribution in [0.1, 0.15) is 119 Å². The van der Waals surface area contributed by atoms with E-state index in [4.69, 9.17) is 40.3 Å². The molecule has 83 heavy (non-hydrogen) atoms. The van der Waals surface area contributed by atoms with Crippen molar-refractivity contribution in [3.63, 3.8) is 0 Å². The fraction of sp³-hybridized carbons (Fsp3) is 0.533. The second kappa shape index (κ2) is 22.4. The Balaban J connectivity index is 0.617. The Bertz CT molecular complexity index is 3440. The van der Waals surface area contributed by atoms with Crippen LogP contribution in [0.25, 0.3) is 32.6 Å². The van der Waals surface area contributed by atoms with Crippen LogP contribution >= 0.6 is 22.9 Å². The molecule has 20 nitrogen and oxygen atoms in total. The molecule has 8 atom stereocenters. The summed E-state index contributed by atoms with van der Waals surface area (Å²) in [5.41, 5.74) is 5.79. The quantitative estimate of drug-likeness (QED) is 0.0672. The number of fused-ring (bicyclic) bond motifs is 4. The molecule has 6 saturated heterocycles. The van der Waals surface area contributed by atoms with Gasteiger partial charge in [-0.3, -0.25) is 19.5 Å². The zero-order chi connectivity index (χ0) is 57.4. The van der Waals surface area contributed by atoms with Crippen molar-refractivity contribution in [2.24, 2.45) is 5.92 Å². The molecule has 2 aromatic carbocycles. The van der Waals surface area contributed by atoms with Crippen LogP contribution in [0.15, 0.2) is 58.7 Å². The molecule has 4 N–H and O–H groups in total. The molecule has 10 heterocycles. The number of piperazine rings is 1. The molecule has 7 fully saturated rings. The van der Waals surface area contributed by atoms with Gasteiger partial charge in [-0.05, 0) is 118 Å². The Labute approximate surface area is 489 Å². The second-order valence-electron chi connectivity index (χ2n) is 24.2. The van der Waals surface area contributed by atoms with Crippen LogP contribution in [-0.4, -0.2) is 162 Å². The first-order valence-corrected chi connectivity index (χ1v) is 30.5. The number of nitrogens with zero attached hydrogens (tertiary/aromatic N) is 9. The standard InChI is InChI=1S/C60H69ClFN11O9S/c1-31(2)49(57(77)72-25-41(75)20-46(72)56(76)65-32(3)34-6-10-36(11-7-34)54-33(4)64-30-83-54)47-21-48(69-82-47)81-42-26-71(27-42)59(78)79-28-39-14-16-60(15-5-17-73(39)60)29-80-58-67-53-44(55(68-58)70-23-37-12-13-38(24-70)66-37)22-63-52(51(53)62)43-18-40(74)19-45(61)50(43)35-8-9-35/h6-7,10-11,18-19,21-22,30-32,35,37-39,41-42,46,49,66,74-75H,5,8-9,12-17,20,23-29H2,1-4H3,(H,65,76)/t32-,37?,38?,39-,41+,46-,49-,60+/m0/s1. The molecule has 4 aromatic heterocycles. The van der Waals surface area contributed by atoms with Crippen molar-refractivity contribution in [2.75, 3.05) is 57.4 Å². The fourth-order valence-corrected chi connectivity index (χ4v) is 14.9. The fourth-order valence-electron chi connectivity index (χ4n) is 13.7. The Morgan fingerprint density at radius 2 is 1.77 bits per heavy atom. The number of phenolic OH excluding ortho intramolecular Hbond substituents is 1. The molecule has 23 heteroatoms. The van der Waals surface area contributed by atoms with Crippen molar-refractivity contribution in [1.82, 2.24) is 50.4 Å². The van der Waals surface area contributed by atoms with Crippen molar-refractivity contribution in [2.45, 2.75) is 145 Å². The van der Waals surface area contributed by atoms with Crippen molar-refractivity contribution in [1.29, 1.82) is 0 Å². The highest BCUT2D eigenvalue weighted by Gasteiger charge is 2.51. The van der Waals surface area contributed by atoms with Crippen LogP contribution < -0.4 is 25.0 Å². The summed E-state index contributed by atoms with van der Waals surface area (Å²) in [6.45, 7) is 10.9. The monoisotopic (exact) mass is 1170 g/mol. The molecule has 0 radical (unpaired) electrons. The van der Waals surface area contributed by atoms with Gasteiger partial charge in [0.05, 0.1) is 52.2 Å². The Hall–Kier alpha value is -6.72. The van der Waals surface area contributed by atoms with Crippen LogP contribution in [-0.2, 0) is 14.3 Å². The summed E-state index contributed by atoms with van der Waals surface area (Å²) in [4.78, 5) is 69.1. The molecule has 6 aromatic rings. The van der Waals surface area contributed by atoms with Gasteiger partial charge in [-0.15, -0.1) is 11.3 Å². The van der Waals surface area contributed by atoms with E-state index in [-0.39, 0.29) is 121 Å². The van der Waals surface area contributed by atoms with E-state index in [1.807, 2.05) is 57.5 Å². The predicted molar refractivity (Wildman–Crippen MR) is 307 cm³/mol. The van der Waals surface area contributed by atoms with E-state index in [9.17, 15) is 24.6 Å². The van der Waals surface area contributed by atoms with E-state index >= 15 is 4.39 Å². The predicted octanol–water partition coefficient (Wildman–Crippen LogP) is 8.28. The number of halogens is 2. The Kier molecular flexibility index (Phi) is 14.9. The number of thiazole rings is 1. The van der Waals surface area contributed by atoms with E-state index in [1.165, 1.54) is 17.0 Å². The van der Waals surface area contributed by atoms with E-state index in [1.54, 1.807) is 28.5 Å². The number of likely N-dealkylation sites (tertiary alicyclic amines) is 2. The Morgan fingerprint density at radius 1 is 0.988 bits per heavy atom. The maximum Gasteiger partial charge on any atom is 0.410 e. The smallest absolute Gasteiger partial charge is 0.410 e. The maximum atomic E-state index is 17.1. The number of pyridine rings is 1. The normalized spacial score (nSPS) is 25.0. The molecule has 6 aliphatic heterocycles. The summed E-state index contributed by atoms with van der Waals surface area (Å²) in [5, 5.41) is 33.1. The number of phenols is 1. The van der Waals surface area contributed by atoms with Gasteiger partial charge in [0, 0.05) is 67.0 Å². The summed E-state index contributed by atoms with van der Waals surface area (Å²) in [5.74, 6) is -1.27. The molecule has 13 rings (SSSR count). The number of β-amino-alcohol motifs (C(OH)–C–C–N with tert-alkyl or cyclic N) is 1. The first-order chi connectivity index (χ1) is 40.1. The van der Waals surface area contributed by atoms with Gasteiger partial charge in [-0.25, -0.2) is 14.2 Å². The first-order valence-electron chi connectivity index (χ1n) is 29.2. The number of amides is 3. The number of aromatic nitrogens is 5. The van der Waals surface area contributed by atoms with E-state index < -0.39 is 30.0 Å². The molecule has 438 valence electrons. The van der Waals surface area contributed by atoms with Gasteiger partial charge in [-0.1, -0.05) is 49.7 Å². The third-order valence-electron chi connectivity index (χ3n) is 18.2. The van der Waals surface area contributed by atoms with Crippen LogP contribution in [0.2, 0.25) is 5.02 Å². The molecule has 2 unspecified atom stereocenters. The lowest BCUT2D eigenvalue weighted by Crippen LogP contribution is -2.56. The SMILES string of the molecule is Cc1ncsc1-c1ccc([C@H](C)NC(=O)[C@@H]2C[C@@H](O)CN2C(=O)[C@H](c2cc(OC3CN(C(=O)OC[C@@H]4CC[C@@]5(COc6nc(N7CC8CCC(C7)N8)c7cnc(-c8cc(O)cc(Cl)c8C8CC8)c(F)c7n6)CCCN45)C3)no2)C(C)C)cc1. The van der Waals surface area contributed by atoms with Crippen molar-refractivity contribution < 1.29 is 47.7 Å². The summed E-state index contributed by atoms with van der Waals surface area (Å²) in [6, 6.07) is 12.0. The van der Waals surface area contributed by atoms with Crippen molar-refractivity contribution in [3.05, 3.63) is 87.6 Å². The number of carbonyl (C=O) groups excluding carboxylic acids is 3. The van der Waals surface area contributed by atoms with Gasteiger partial charge in [-0.2, -0.15) is 9.97 Å². The molecular formula is C60H69ClFN11O9S. The third kappa shape index (κ3) is 10.8. The number of aliphatic hydroxyl groups excluding tert-OH is 1. The average Bonchev–Trinajstić information content (AvgIpc) is 4.21. The lowest BCUT2D eigenvalue weighted by molar-refractivity contribution is -0.141. The number of nitrogens with one attached hydrogen (secondary N) is 2.